The van der Waals surface area contributed by atoms with Crippen LogP contribution >= 0.6 is 0 Å². The van der Waals surface area contributed by atoms with E-state index in [4.69, 9.17) is 0 Å². The van der Waals surface area contributed by atoms with E-state index >= 15 is 0 Å². The third-order valence-electron chi connectivity index (χ3n) is 5.62. The van der Waals surface area contributed by atoms with Gasteiger partial charge in [-0.05, 0) is 42.3 Å². The predicted molar refractivity (Wildman–Crippen MR) is 117 cm³/mol. The Morgan fingerprint density at radius 1 is 1.03 bits per heavy atom. The van der Waals surface area contributed by atoms with Gasteiger partial charge in [-0.2, -0.15) is 0 Å². The Balaban J connectivity index is 1.32. The molecule has 7 heteroatoms. The van der Waals surface area contributed by atoms with Gasteiger partial charge in [-0.1, -0.05) is 6.07 Å². The number of nitrogens with one attached hydrogen (secondary N) is 1. The van der Waals surface area contributed by atoms with Crippen LogP contribution in [0.15, 0.2) is 55.0 Å². The largest absolute Gasteiger partial charge is 0.339 e. The number of aromatic nitrogens is 2. The van der Waals surface area contributed by atoms with Crippen LogP contribution < -0.4 is 5.32 Å². The van der Waals surface area contributed by atoms with Gasteiger partial charge < -0.3 is 14.8 Å². The van der Waals surface area contributed by atoms with Crippen molar-refractivity contribution < 1.29 is 9.59 Å². The third kappa shape index (κ3) is 4.68. The molecule has 0 bridgehead atoms. The van der Waals surface area contributed by atoms with E-state index in [1.54, 1.807) is 0 Å². The standard InChI is InChI=1S/C23H27N5O2/c1-18(29)25-21-3-2-4-22-20(21)8-12-28(22)17-23(30)27-15-13-26(14-16-27)11-7-19-5-9-24-10-6-19/h2-6,8-10,12H,7,11,13-17H2,1H3,(H,25,29). The Bertz CT molecular complexity index is 1020. The molecule has 0 unspecified atom stereocenters. The third-order valence-corrected chi connectivity index (χ3v) is 5.62. The van der Waals surface area contributed by atoms with Crippen LogP contribution in [-0.2, 0) is 22.6 Å². The lowest BCUT2D eigenvalue weighted by atomic mass is 10.2. The monoisotopic (exact) mass is 405 g/mol. The van der Waals surface area contributed by atoms with E-state index in [0.29, 0.717) is 6.54 Å². The fourth-order valence-electron chi connectivity index (χ4n) is 3.96. The molecule has 1 fully saturated rings. The van der Waals surface area contributed by atoms with Crippen LogP contribution in [0.1, 0.15) is 12.5 Å². The number of fused-ring (bicyclic) bond motifs is 1. The summed E-state index contributed by atoms with van der Waals surface area (Å²) in [7, 11) is 0. The molecule has 3 heterocycles. The summed E-state index contributed by atoms with van der Waals surface area (Å²) in [4.78, 5) is 32.7. The molecule has 156 valence electrons. The summed E-state index contributed by atoms with van der Waals surface area (Å²) >= 11 is 0. The maximum atomic E-state index is 12.9. The summed E-state index contributed by atoms with van der Waals surface area (Å²) in [5.74, 6) is 0.0272. The number of carbonyl (C=O) groups is 2. The van der Waals surface area contributed by atoms with E-state index < -0.39 is 0 Å². The van der Waals surface area contributed by atoms with Gasteiger partial charge in [0.25, 0.3) is 0 Å². The van der Waals surface area contributed by atoms with Gasteiger partial charge in [0.1, 0.15) is 6.54 Å². The first-order valence-electron chi connectivity index (χ1n) is 10.3. The van der Waals surface area contributed by atoms with Crippen molar-refractivity contribution in [1.29, 1.82) is 0 Å². The molecular weight excluding hydrogens is 378 g/mol. The molecule has 0 saturated carbocycles. The first-order chi connectivity index (χ1) is 14.6. The van der Waals surface area contributed by atoms with Crippen molar-refractivity contribution in [2.45, 2.75) is 19.9 Å². The van der Waals surface area contributed by atoms with Crippen LogP contribution in [0.25, 0.3) is 10.9 Å². The molecule has 1 aliphatic heterocycles. The van der Waals surface area contributed by atoms with Crippen LogP contribution in [0.3, 0.4) is 0 Å². The number of pyridine rings is 1. The highest BCUT2D eigenvalue weighted by Crippen LogP contribution is 2.24. The molecule has 7 nitrogen and oxygen atoms in total. The van der Waals surface area contributed by atoms with Crippen LogP contribution in [0, 0.1) is 0 Å². The summed E-state index contributed by atoms with van der Waals surface area (Å²) in [6, 6.07) is 11.8. The van der Waals surface area contributed by atoms with Crippen molar-refractivity contribution >= 4 is 28.4 Å². The summed E-state index contributed by atoms with van der Waals surface area (Å²) in [5, 5.41) is 3.80. The van der Waals surface area contributed by atoms with Gasteiger partial charge in [0.15, 0.2) is 0 Å². The number of hydrogen-bond donors (Lipinski definition) is 1. The molecule has 0 atom stereocenters. The fraction of sp³-hybridized carbons (Fsp3) is 0.348. The minimum absolute atomic E-state index is 0.104. The van der Waals surface area contributed by atoms with Crippen LogP contribution in [-0.4, -0.2) is 63.9 Å². The molecule has 3 aromatic rings. The number of nitrogens with zero attached hydrogens (tertiary/aromatic N) is 4. The zero-order valence-corrected chi connectivity index (χ0v) is 17.3. The lowest BCUT2D eigenvalue weighted by molar-refractivity contribution is -0.133. The Hall–Kier alpha value is -3.19. The van der Waals surface area contributed by atoms with Gasteiger partial charge in [0.2, 0.25) is 11.8 Å². The summed E-state index contributed by atoms with van der Waals surface area (Å²) in [6.45, 7) is 6.11. The number of hydrogen-bond acceptors (Lipinski definition) is 4. The fourth-order valence-corrected chi connectivity index (χ4v) is 3.96. The molecule has 2 aromatic heterocycles. The SMILES string of the molecule is CC(=O)Nc1cccc2c1ccn2CC(=O)N1CCN(CCc2ccncc2)CC1. The Morgan fingerprint density at radius 3 is 2.53 bits per heavy atom. The Kier molecular flexibility index (Phi) is 6.09. The molecule has 30 heavy (non-hydrogen) atoms. The first kappa shape index (κ1) is 20.1. The van der Waals surface area contributed by atoms with Gasteiger partial charge in [0, 0.05) is 63.6 Å². The zero-order valence-electron chi connectivity index (χ0n) is 17.3. The zero-order chi connectivity index (χ0) is 20.9. The van der Waals surface area contributed by atoms with Crippen LogP contribution in [0.2, 0.25) is 0 Å². The van der Waals surface area contributed by atoms with E-state index in [9.17, 15) is 9.59 Å². The van der Waals surface area contributed by atoms with Gasteiger partial charge in [-0.15, -0.1) is 0 Å². The highest BCUT2D eigenvalue weighted by Gasteiger charge is 2.21. The average Bonchev–Trinajstić information content (AvgIpc) is 3.17. The van der Waals surface area contributed by atoms with Crippen LogP contribution in [0.5, 0.6) is 0 Å². The molecule has 1 aromatic carbocycles. The van der Waals surface area contributed by atoms with Crippen molar-refractivity contribution in [2.24, 2.45) is 0 Å². The van der Waals surface area contributed by atoms with Gasteiger partial charge in [0.05, 0.1) is 11.2 Å². The second-order valence-electron chi connectivity index (χ2n) is 7.69. The second-order valence-corrected chi connectivity index (χ2v) is 7.69. The molecule has 4 rings (SSSR count). The van der Waals surface area contributed by atoms with Crippen LogP contribution in [0.4, 0.5) is 5.69 Å². The number of benzene rings is 1. The quantitative estimate of drug-likeness (QED) is 0.684. The first-order valence-corrected chi connectivity index (χ1v) is 10.3. The van der Waals surface area contributed by atoms with Crippen molar-refractivity contribution in [3.8, 4) is 0 Å². The number of rotatable bonds is 6. The molecule has 0 spiro atoms. The lowest BCUT2D eigenvalue weighted by Crippen LogP contribution is -2.49. The highest BCUT2D eigenvalue weighted by atomic mass is 16.2. The van der Waals surface area contributed by atoms with Crippen molar-refractivity contribution in [2.75, 3.05) is 38.0 Å². The van der Waals surface area contributed by atoms with Crippen molar-refractivity contribution in [3.63, 3.8) is 0 Å². The number of amides is 2. The average molecular weight is 406 g/mol. The molecule has 1 saturated heterocycles. The maximum absolute atomic E-state index is 12.9. The summed E-state index contributed by atoms with van der Waals surface area (Å²) < 4.78 is 1.96. The minimum Gasteiger partial charge on any atom is -0.339 e. The summed E-state index contributed by atoms with van der Waals surface area (Å²) in [5.41, 5.74) is 3.02. The molecular formula is C23H27N5O2. The summed E-state index contributed by atoms with van der Waals surface area (Å²) in [6.07, 6.45) is 6.58. The molecule has 2 amide bonds. The number of carbonyl (C=O) groups excluding carboxylic acids is 2. The highest BCUT2D eigenvalue weighted by molar-refractivity contribution is 6.01. The predicted octanol–water partition coefficient (Wildman–Crippen LogP) is 2.38. The van der Waals surface area contributed by atoms with E-state index in [2.05, 4.69) is 27.3 Å². The molecule has 0 aliphatic carbocycles. The van der Waals surface area contributed by atoms with Crippen molar-refractivity contribution in [3.05, 3.63) is 60.6 Å². The van der Waals surface area contributed by atoms with E-state index in [1.165, 1.54) is 12.5 Å². The number of piperazine rings is 1. The Morgan fingerprint density at radius 2 is 1.80 bits per heavy atom. The smallest absolute Gasteiger partial charge is 0.242 e. The maximum Gasteiger partial charge on any atom is 0.242 e. The van der Waals surface area contributed by atoms with Crippen molar-refractivity contribution in [1.82, 2.24) is 19.4 Å². The van der Waals surface area contributed by atoms with E-state index in [-0.39, 0.29) is 11.8 Å². The van der Waals surface area contributed by atoms with Gasteiger partial charge in [-0.3, -0.25) is 19.5 Å². The lowest BCUT2D eigenvalue weighted by Gasteiger charge is -2.35. The number of anilines is 1. The normalized spacial score (nSPS) is 14.8. The second kappa shape index (κ2) is 9.09. The van der Waals surface area contributed by atoms with E-state index in [1.807, 2.05) is 52.3 Å². The molecule has 1 aliphatic rings. The topological polar surface area (TPSA) is 70.5 Å². The van der Waals surface area contributed by atoms with Gasteiger partial charge >= 0.3 is 0 Å². The minimum atomic E-state index is -0.104. The van der Waals surface area contributed by atoms with Gasteiger partial charge in [-0.25, -0.2) is 0 Å². The Labute approximate surface area is 176 Å². The van der Waals surface area contributed by atoms with E-state index in [0.717, 1.165) is 55.7 Å². The molecule has 0 radical (unpaired) electrons. The molecule has 1 N–H and O–H groups in total.